The molecule has 18 rings (SSSR count). The summed E-state index contributed by atoms with van der Waals surface area (Å²) in [4.78, 5) is 2.93. The summed E-state index contributed by atoms with van der Waals surface area (Å²) < 4.78 is 11.7. The van der Waals surface area contributed by atoms with Gasteiger partial charge in [-0.1, -0.05) is 53.6 Å². The maximum Gasteiger partial charge on any atom is 0.0700 e. The summed E-state index contributed by atoms with van der Waals surface area (Å²) in [6.07, 6.45) is 5.67. The van der Waals surface area contributed by atoms with Crippen LogP contribution in [0, 0.1) is 5.92 Å². The SMILES string of the molecule is COCCOCCN1CC2C3=c4c5c6c7c(cc8cc9cc%10cc%11cc%12c%13c(c4c4c5c5c7c8c7c9c%10c8c%11c%13c4c8c75)=C(C3)C%12)CC62C1CCc1ccccc1. The fourth-order valence-electron chi connectivity index (χ4n) is 16.2. The van der Waals surface area contributed by atoms with Crippen LogP contribution in [0.4, 0.5) is 0 Å². The number of methoxy groups -OCH3 is 1. The van der Waals surface area contributed by atoms with Gasteiger partial charge in [-0.3, -0.25) is 4.90 Å². The average Bonchev–Trinajstić information content (AvgIpc) is 4.08. The molecule has 0 aromatic heterocycles. The fraction of sp³-hybridized carbons (Fsp3) is 0.259. The van der Waals surface area contributed by atoms with Crippen molar-refractivity contribution in [1.82, 2.24) is 4.90 Å². The van der Waals surface area contributed by atoms with Gasteiger partial charge in [0, 0.05) is 37.6 Å². The third kappa shape index (κ3) is 2.53. The van der Waals surface area contributed by atoms with Crippen LogP contribution in [-0.4, -0.2) is 51.0 Å². The summed E-state index contributed by atoms with van der Waals surface area (Å²) in [5, 5.41) is 38.3. The lowest BCUT2D eigenvalue weighted by Gasteiger charge is -2.43. The molecule has 3 unspecified atom stereocenters. The minimum absolute atomic E-state index is 0.0424. The molecule has 1 saturated heterocycles. The standard InChI is InChI=1S/C54H35NO2/c1-56-11-12-57-10-9-55-21-31-30-19-28-17-25-15-26-14-23-13-24-16-27-18-29-20-54(31,32(55)8-7-22-5-3-2-4-6-22)53-39(29)44-38(27)43-34(24)33(23)41-37(26)42-35(25)36(28)45-40(30)52(53)51-49(44)47(43)46(41)48(42)50(45)51/h2-6,13-16,18,31-32H,7-12,17,19-21H2,1H3. The largest absolute Gasteiger partial charge is 0.382 e. The summed E-state index contributed by atoms with van der Waals surface area (Å²) >= 11 is 0. The van der Waals surface area contributed by atoms with Crippen molar-refractivity contribution in [2.75, 3.05) is 40.0 Å². The molecule has 13 aromatic rings. The molecule has 268 valence electrons. The molecule has 0 amide bonds. The Balaban J connectivity index is 1.07. The highest BCUT2D eigenvalue weighted by molar-refractivity contribution is 6.63. The van der Waals surface area contributed by atoms with Gasteiger partial charge in [-0.15, -0.1) is 0 Å². The Morgan fingerprint density at radius 2 is 1.23 bits per heavy atom. The van der Waals surface area contributed by atoms with Gasteiger partial charge in [0.15, 0.2) is 0 Å². The molecule has 0 N–H and O–H groups in total. The molecule has 4 aliphatic carbocycles. The molecular formula is C54H35NO2. The summed E-state index contributed by atoms with van der Waals surface area (Å²) in [6, 6.07) is 24.9. The first-order valence-corrected chi connectivity index (χ1v) is 21.6. The number of ether oxygens (including phenoxy) is 2. The lowest BCUT2D eigenvalue weighted by Crippen LogP contribution is -2.48. The van der Waals surface area contributed by atoms with Gasteiger partial charge in [0.1, 0.15) is 0 Å². The molecule has 0 radical (unpaired) electrons. The van der Waals surface area contributed by atoms with Crippen molar-refractivity contribution in [3.05, 3.63) is 93.4 Å². The van der Waals surface area contributed by atoms with E-state index < -0.39 is 0 Å². The van der Waals surface area contributed by atoms with Crippen molar-refractivity contribution in [3.8, 4) is 0 Å². The van der Waals surface area contributed by atoms with Gasteiger partial charge < -0.3 is 9.47 Å². The van der Waals surface area contributed by atoms with Gasteiger partial charge in [0.05, 0.1) is 19.8 Å². The highest BCUT2D eigenvalue weighted by Crippen LogP contribution is 2.68. The van der Waals surface area contributed by atoms with Gasteiger partial charge >= 0.3 is 0 Å². The lowest BCUT2D eigenvalue weighted by atomic mass is 9.60. The Hall–Kier alpha value is -5.32. The molecule has 5 aliphatic rings. The minimum Gasteiger partial charge on any atom is -0.382 e. The third-order valence-corrected chi connectivity index (χ3v) is 17.6. The number of rotatable bonds is 9. The summed E-state index contributed by atoms with van der Waals surface area (Å²) in [5.41, 5.74) is 10.0. The van der Waals surface area contributed by atoms with Gasteiger partial charge in [-0.2, -0.15) is 0 Å². The molecule has 0 bridgehead atoms. The Bertz CT molecular complexity index is 4060. The van der Waals surface area contributed by atoms with Crippen molar-refractivity contribution >= 4 is 130 Å². The van der Waals surface area contributed by atoms with E-state index in [9.17, 15) is 0 Å². The summed E-state index contributed by atoms with van der Waals surface area (Å²) in [6.45, 7) is 4.16. The van der Waals surface area contributed by atoms with Gasteiger partial charge in [0.2, 0.25) is 0 Å². The van der Waals surface area contributed by atoms with Crippen LogP contribution in [0.3, 0.4) is 0 Å². The Kier molecular flexibility index (Phi) is 4.17. The molecule has 3 heteroatoms. The fourth-order valence-corrected chi connectivity index (χ4v) is 16.2. The zero-order valence-electron chi connectivity index (χ0n) is 31.8. The van der Waals surface area contributed by atoms with Crippen LogP contribution in [-0.2, 0) is 34.2 Å². The zero-order chi connectivity index (χ0) is 36.1. The molecular weight excluding hydrogens is 695 g/mol. The van der Waals surface area contributed by atoms with Gasteiger partial charge in [-0.25, -0.2) is 0 Å². The van der Waals surface area contributed by atoms with E-state index >= 15 is 0 Å². The Labute approximate surface area is 325 Å². The third-order valence-electron chi connectivity index (χ3n) is 17.6. The molecule has 13 aromatic carbocycles. The maximum absolute atomic E-state index is 6.29. The topological polar surface area (TPSA) is 21.7 Å². The van der Waals surface area contributed by atoms with E-state index in [1.807, 2.05) is 0 Å². The highest BCUT2D eigenvalue weighted by atomic mass is 16.5. The van der Waals surface area contributed by atoms with Crippen molar-refractivity contribution in [3.63, 3.8) is 0 Å². The number of likely N-dealkylation sites (tertiary alicyclic amines) is 1. The van der Waals surface area contributed by atoms with Crippen molar-refractivity contribution in [1.29, 1.82) is 0 Å². The number of hydrogen-bond donors (Lipinski definition) is 0. The first kappa shape index (κ1) is 28.1. The van der Waals surface area contributed by atoms with E-state index in [0.717, 1.165) is 45.4 Å². The number of aryl methyl sites for hydroxylation is 1. The minimum atomic E-state index is 0.0424. The summed E-state index contributed by atoms with van der Waals surface area (Å²) in [7, 11) is 1.78. The van der Waals surface area contributed by atoms with Crippen LogP contribution < -0.4 is 10.4 Å². The number of nitrogens with zero attached hydrogens (tertiary/aromatic N) is 1. The molecule has 3 atom stereocenters. The quantitative estimate of drug-likeness (QED) is 0.109. The van der Waals surface area contributed by atoms with E-state index in [2.05, 4.69) is 65.6 Å². The van der Waals surface area contributed by atoms with Crippen LogP contribution >= 0.6 is 0 Å². The van der Waals surface area contributed by atoms with Crippen molar-refractivity contribution in [2.24, 2.45) is 5.92 Å². The van der Waals surface area contributed by atoms with Gasteiger partial charge in [-0.05, 0) is 201 Å². The monoisotopic (exact) mass is 729 g/mol. The van der Waals surface area contributed by atoms with E-state index in [4.69, 9.17) is 9.47 Å². The average molecular weight is 730 g/mol. The molecule has 57 heavy (non-hydrogen) atoms. The van der Waals surface area contributed by atoms with E-state index in [-0.39, 0.29) is 5.41 Å². The Morgan fingerprint density at radius 1 is 0.596 bits per heavy atom. The van der Waals surface area contributed by atoms with Gasteiger partial charge in [0.25, 0.3) is 0 Å². The zero-order valence-corrected chi connectivity index (χ0v) is 31.8. The predicted octanol–water partition coefficient (Wildman–Crippen LogP) is 9.98. The summed E-state index contributed by atoms with van der Waals surface area (Å²) in [5.74, 6) is 0.494. The first-order valence-electron chi connectivity index (χ1n) is 21.6. The van der Waals surface area contributed by atoms with Crippen LogP contribution in [0.5, 0.6) is 0 Å². The number of hydrogen-bond acceptors (Lipinski definition) is 3. The first-order chi connectivity index (χ1) is 28.2. The highest BCUT2D eigenvalue weighted by Gasteiger charge is 2.61. The molecule has 1 aliphatic heterocycles. The van der Waals surface area contributed by atoms with Crippen LogP contribution in [0.1, 0.15) is 35.1 Å². The Morgan fingerprint density at radius 3 is 1.98 bits per heavy atom. The lowest BCUT2D eigenvalue weighted by molar-refractivity contribution is 0.0518. The maximum atomic E-state index is 6.29. The van der Waals surface area contributed by atoms with Crippen LogP contribution in [0.15, 0.2) is 60.7 Å². The van der Waals surface area contributed by atoms with Crippen molar-refractivity contribution in [2.45, 2.75) is 43.6 Å². The predicted molar refractivity (Wildman–Crippen MR) is 236 cm³/mol. The van der Waals surface area contributed by atoms with E-state index in [1.165, 1.54) is 33.5 Å². The van der Waals surface area contributed by atoms with Crippen LogP contribution in [0.2, 0.25) is 0 Å². The second-order valence-electron chi connectivity index (χ2n) is 19.4. The molecule has 0 saturated carbocycles. The normalized spacial score (nSPS) is 23.0. The second kappa shape index (κ2) is 8.45. The number of benzene rings is 9. The molecule has 1 fully saturated rings. The van der Waals surface area contributed by atoms with Crippen molar-refractivity contribution < 1.29 is 9.47 Å². The van der Waals surface area contributed by atoms with Crippen LogP contribution in [0.25, 0.3) is 130 Å². The second-order valence-corrected chi connectivity index (χ2v) is 19.4. The molecule has 1 heterocycles. The van der Waals surface area contributed by atoms with E-state index in [0.29, 0.717) is 25.2 Å². The smallest absolute Gasteiger partial charge is 0.0700 e. The molecule has 3 nitrogen and oxygen atoms in total. The van der Waals surface area contributed by atoms with E-state index in [1.54, 1.807) is 142 Å². The number of fused-ring (bicyclic) bond motifs is 1. The molecule has 1 spiro atoms.